The number of nitrogens with two attached hydrogens (primary N) is 3. The smallest absolute Gasteiger partial charge is 0.237 e. The topological polar surface area (TPSA) is 107 Å². The van der Waals surface area contributed by atoms with Crippen LogP contribution in [0.15, 0.2) is 24.3 Å². The van der Waals surface area contributed by atoms with E-state index in [1.165, 1.54) is 0 Å². The monoisotopic (exact) mass is 236 g/mol. The summed E-state index contributed by atoms with van der Waals surface area (Å²) in [4.78, 5) is 11.5. The van der Waals surface area contributed by atoms with E-state index in [0.29, 0.717) is 26.1 Å². The van der Waals surface area contributed by atoms with Gasteiger partial charge in [-0.05, 0) is 24.1 Å². The highest BCUT2D eigenvalue weighted by atomic mass is 16.2. The maximum absolute atomic E-state index is 11.5. The summed E-state index contributed by atoms with van der Waals surface area (Å²) in [6, 6.07) is 7.25. The third-order valence-electron chi connectivity index (χ3n) is 2.54. The number of rotatable bonds is 6. The maximum atomic E-state index is 11.5. The van der Waals surface area contributed by atoms with Crippen molar-refractivity contribution in [2.24, 2.45) is 17.2 Å². The molecule has 0 aliphatic rings. The Hall–Kier alpha value is -1.43. The van der Waals surface area contributed by atoms with E-state index in [-0.39, 0.29) is 5.91 Å². The van der Waals surface area contributed by atoms with Crippen LogP contribution in [0.4, 0.5) is 0 Å². The van der Waals surface area contributed by atoms with E-state index in [0.717, 1.165) is 11.1 Å². The van der Waals surface area contributed by atoms with Gasteiger partial charge in [0.1, 0.15) is 0 Å². The quantitative estimate of drug-likeness (QED) is 0.531. The molecule has 1 aromatic rings. The number of nitrogens with one attached hydrogen (secondary N) is 1. The predicted molar refractivity (Wildman–Crippen MR) is 67.8 cm³/mol. The fourth-order valence-electron chi connectivity index (χ4n) is 1.42. The van der Waals surface area contributed by atoms with E-state index in [4.69, 9.17) is 17.2 Å². The first-order valence-corrected chi connectivity index (χ1v) is 5.68. The molecule has 1 atom stereocenters. The molecule has 0 unspecified atom stereocenters. The fourth-order valence-corrected chi connectivity index (χ4v) is 1.42. The van der Waals surface area contributed by atoms with Crippen LogP contribution in [0.5, 0.6) is 0 Å². The van der Waals surface area contributed by atoms with Crippen molar-refractivity contribution in [2.45, 2.75) is 25.6 Å². The molecule has 0 aliphatic heterocycles. The van der Waals surface area contributed by atoms with Crippen molar-refractivity contribution in [1.82, 2.24) is 5.32 Å². The Labute approximate surface area is 101 Å². The Kier molecular flexibility index (Phi) is 5.62. The first-order valence-electron chi connectivity index (χ1n) is 5.68. The van der Waals surface area contributed by atoms with Crippen molar-refractivity contribution in [3.63, 3.8) is 0 Å². The van der Waals surface area contributed by atoms with Crippen LogP contribution in [-0.4, -0.2) is 18.5 Å². The van der Waals surface area contributed by atoms with Crippen molar-refractivity contribution in [3.05, 3.63) is 35.4 Å². The Balaban J connectivity index is 2.41. The molecule has 0 fully saturated rings. The van der Waals surface area contributed by atoms with Gasteiger partial charge in [0.05, 0.1) is 6.04 Å². The van der Waals surface area contributed by atoms with Gasteiger partial charge in [0.2, 0.25) is 5.91 Å². The van der Waals surface area contributed by atoms with E-state index in [1.807, 2.05) is 24.3 Å². The Bertz CT molecular complexity index is 350. The highest BCUT2D eigenvalue weighted by Gasteiger charge is 2.11. The van der Waals surface area contributed by atoms with Crippen LogP contribution in [0.2, 0.25) is 0 Å². The summed E-state index contributed by atoms with van der Waals surface area (Å²) in [5, 5.41) is 2.77. The predicted octanol–water partition coefficient (Wildman–Crippen LogP) is -0.562. The lowest BCUT2D eigenvalue weighted by Gasteiger charge is -2.11. The highest BCUT2D eigenvalue weighted by molar-refractivity contribution is 5.81. The van der Waals surface area contributed by atoms with Gasteiger partial charge in [0, 0.05) is 13.1 Å². The molecule has 1 aromatic carbocycles. The van der Waals surface area contributed by atoms with Gasteiger partial charge >= 0.3 is 0 Å². The van der Waals surface area contributed by atoms with Crippen LogP contribution in [0.1, 0.15) is 17.5 Å². The van der Waals surface area contributed by atoms with Crippen LogP contribution < -0.4 is 22.5 Å². The minimum atomic E-state index is -0.525. The zero-order valence-electron chi connectivity index (χ0n) is 9.86. The van der Waals surface area contributed by atoms with E-state index >= 15 is 0 Å². The third-order valence-corrected chi connectivity index (χ3v) is 2.54. The summed E-state index contributed by atoms with van der Waals surface area (Å²) in [6.45, 7) is 1.41. The molecular formula is C12H20N4O. The van der Waals surface area contributed by atoms with Crippen LogP contribution in [0, 0.1) is 0 Å². The average molecular weight is 236 g/mol. The van der Waals surface area contributed by atoms with E-state index in [1.54, 1.807) is 0 Å². The number of carbonyl (C=O) groups is 1. The van der Waals surface area contributed by atoms with E-state index in [9.17, 15) is 4.79 Å². The zero-order chi connectivity index (χ0) is 12.7. The van der Waals surface area contributed by atoms with Gasteiger partial charge in [-0.25, -0.2) is 0 Å². The molecule has 0 aromatic heterocycles. The summed E-state index contributed by atoms with van der Waals surface area (Å²) >= 11 is 0. The number of hydrogen-bond donors (Lipinski definition) is 4. The summed E-state index contributed by atoms with van der Waals surface area (Å²) in [5.41, 5.74) is 18.6. The molecule has 0 radical (unpaired) electrons. The second kappa shape index (κ2) is 7.01. The molecule has 0 saturated carbocycles. The number of carbonyl (C=O) groups excluding carboxylic acids is 1. The molecule has 0 spiro atoms. The Morgan fingerprint density at radius 2 is 1.76 bits per heavy atom. The van der Waals surface area contributed by atoms with Gasteiger partial charge in [0.15, 0.2) is 0 Å². The molecule has 0 aliphatic carbocycles. The van der Waals surface area contributed by atoms with Gasteiger partial charge in [-0.1, -0.05) is 24.3 Å². The minimum absolute atomic E-state index is 0.168. The largest absolute Gasteiger partial charge is 0.351 e. The molecule has 1 amide bonds. The lowest BCUT2D eigenvalue weighted by atomic mass is 10.1. The van der Waals surface area contributed by atoms with Gasteiger partial charge < -0.3 is 22.5 Å². The van der Waals surface area contributed by atoms with Crippen molar-refractivity contribution in [2.75, 3.05) is 6.54 Å². The molecule has 0 heterocycles. The molecule has 1 rings (SSSR count). The van der Waals surface area contributed by atoms with Gasteiger partial charge in [-0.3, -0.25) is 4.79 Å². The number of amides is 1. The SMILES string of the molecule is NCC[C@H](N)C(=O)NCc1ccc(CN)cc1. The van der Waals surface area contributed by atoms with Gasteiger partial charge in [-0.2, -0.15) is 0 Å². The lowest BCUT2D eigenvalue weighted by Crippen LogP contribution is -2.41. The normalized spacial score (nSPS) is 12.2. The molecule has 17 heavy (non-hydrogen) atoms. The van der Waals surface area contributed by atoms with Crippen LogP contribution in [0.25, 0.3) is 0 Å². The summed E-state index contributed by atoms with van der Waals surface area (Å²) in [7, 11) is 0. The maximum Gasteiger partial charge on any atom is 0.237 e. The summed E-state index contributed by atoms with van der Waals surface area (Å²) in [6.07, 6.45) is 0.498. The number of hydrogen-bond acceptors (Lipinski definition) is 4. The molecule has 5 nitrogen and oxygen atoms in total. The van der Waals surface area contributed by atoms with E-state index < -0.39 is 6.04 Å². The average Bonchev–Trinajstić information content (AvgIpc) is 2.36. The highest BCUT2D eigenvalue weighted by Crippen LogP contribution is 2.03. The molecule has 0 bridgehead atoms. The van der Waals surface area contributed by atoms with Crippen molar-refractivity contribution < 1.29 is 4.79 Å². The zero-order valence-corrected chi connectivity index (χ0v) is 9.86. The second-order valence-electron chi connectivity index (χ2n) is 3.92. The molecule has 94 valence electrons. The molecule has 7 N–H and O–H groups in total. The molecular weight excluding hydrogens is 216 g/mol. The Morgan fingerprint density at radius 1 is 1.18 bits per heavy atom. The van der Waals surface area contributed by atoms with Gasteiger partial charge in [-0.15, -0.1) is 0 Å². The van der Waals surface area contributed by atoms with Crippen molar-refractivity contribution in [1.29, 1.82) is 0 Å². The standard InChI is InChI=1S/C12H20N4O/c13-6-5-11(15)12(17)16-8-10-3-1-9(7-14)2-4-10/h1-4,11H,5-8,13-15H2,(H,16,17)/t11-/m0/s1. The minimum Gasteiger partial charge on any atom is -0.351 e. The van der Waals surface area contributed by atoms with Crippen LogP contribution in [-0.2, 0) is 17.9 Å². The van der Waals surface area contributed by atoms with Crippen LogP contribution >= 0.6 is 0 Å². The summed E-state index contributed by atoms with van der Waals surface area (Å²) in [5.74, 6) is -0.168. The first-order chi connectivity index (χ1) is 8.17. The van der Waals surface area contributed by atoms with E-state index in [2.05, 4.69) is 5.32 Å². The third kappa shape index (κ3) is 4.52. The van der Waals surface area contributed by atoms with Crippen LogP contribution in [0.3, 0.4) is 0 Å². The van der Waals surface area contributed by atoms with Crippen molar-refractivity contribution in [3.8, 4) is 0 Å². The van der Waals surface area contributed by atoms with Crippen molar-refractivity contribution >= 4 is 5.91 Å². The second-order valence-corrected chi connectivity index (χ2v) is 3.92. The van der Waals surface area contributed by atoms with Gasteiger partial charge in [0.25, 0.3) is 0 Å². The fraction of sp³-hybridized carbons (Fsp3) is 0.417. The first kappa shape index (κ1) is 13.6. The lowest BCUT2D eigenvalue weighted by molar-refractivity contribution is -0.122. The molecule has 5 heteroatoms. The summed E-state index contributed by atoms with van der Waals surface area (Å²) < 4.78 is 0. The Morgan fingerprint density at radius 3 is 2.29 bits per heavy atom. The number of benzene rings is 1. The molecule has 0 saturated heterocycles.